The zero-order chi connectivity index (χ0) is 13.2. The van der Waals surface area contributed by atoms with Gasteiger partial charge in [-0.05, 0) is 35.7 Å². The molecule has 1 saturated carbocycles. The molecule has 3 rings (SSSR count). The molecule has 0 heterocycles. The van der Waals surface area contributed by atoms with E-state index in [1.165, 1.54) is 18.2 Å². The minimum Gasteiger partial charge on any atom is -0.339 e. The Hall–Kier alpha value is -1.83. The van der Waals surface area contributed by atoms with Gasteiger partial charge in [-0.3, -0.25) is 4.79 Å². The van der Waals surface area contributed by atoms with Gasteiger partial charge in [0.1, 0.15) is 0 Å². The van der Waals surface area contributed by atoms with Crippen molar-refractivity contribution in [1.29, 1.82) is 0 Å². The van der Waals surface area contributed by atoms with Gasteiger partial charge in [0.2, 0.25) is 0 Å². The van der Waals surface area contributed by atoms with Crippen LogP contribution in [-0.2, 0) is 0 Å². The number of amides is 1. The van der Waals surface area contributed by atoms with Gasteiger partial charge < -0.3 is 4.90 Å². The Morgan fingerprint density at radius 3 is 2.47 bits per heavy atom. The molecule has 98 valence electrons. The molecule has 2 aromatic rings. The summed E-state index contributed by atoms with van der Waals surface area (Å²) in [5.74, 6) is 0.151. The molecule has 0 atom stereocenters. The van der Waals surface area contributed by atoms with Gasteiger partial charge in [-0.1, -0.05) is 43.2 Å². The minimum absolute atomic E-state index is 0.151. The number of hydrogen-bond acceptors (Lipinski definition) is 1. The lowest BCUT2D eigenvalue weighted by Gasteiger charge is -2.24. The molecule has 2 aromatic carbocycles. The third-order valence-corrected chi connectivity index (χ3v) is 4.19. The van der Waals surface area contributed by atoms with Gasteiger partial charge in [0.15, 0.2) is 0 Å². The van der Waals surface area contributed by atoms with Crippen molar-refractivity contribution in [3.8, 4) is 0 Å². The SMILES string of the molecule is CN(C(=O)c1ccc2ccccc2c1)C1CCCC1. The summed E-state index contributed by atoms with van der Waals surface area (Å²) in [5, 5.41) is 2.32. The van der Waals surface area contributed by atoms with Crippen LogP contribution in [0.2, 0.25) is 0 Å². The normalized spacial score (nSPS) is 15.8. The molecular weight excluding hydrogens is 234 g/mol. The summed E-state index contributed by atoms with van der Waals surface area (Å²) in [6.45, 7) is 0. The number of carbonyl (C=O) groups excluding carboxylic acids is 1. The molecule has 1 aliphatic carbocycles. The van der Waals surface area contributed by atoms with Crippen LogP contribution in [-0.4, -0.2) is 23.9 Å². The van der Waals surface area contributed by atoms with E-state index in [1.807, 2.05) is 42.3 Å². The molecule has 0 N–H and O–H groups in total. The van der Waals surface area contributed by atoms with Crippen LogP contribution in [0.1, 0.15) is 36.0 Å². The first-order chi connectivity index (χ1) is 9.25. The Morgan fingerprint density at radius 2 is 1.74 bits per heavy atom. The Kier molecular flexibility index (Phi) is 3.24. The Labute approximate surface area is 114 Å². The van der Waals surface area contributed by atoms with Crippen molar-refractivity contribution in [2.75, 3.05) is 7.05 Å². The van der Waals surface area contributed by atoms with E-state index in [0.717, 1.165) is 23.8 Å². The van der Waals surface area contributed by atoms with Crippen LogP contribution >= 0.6 is 0 Å². The van der Waals surface area contributed by atoms with Crippen molar-refractivity contribution >= 4 is 16.7 Å². The standard InChI is InChI=1S/C17H19NO/c1-18(16-8-4-5-9-16)17(19)15-11-10-13-6-2-3-7-14(13)12-15/h2-3,6-7,10-12,16H,4-5,8-9H2,1H3. The van der Waals surface area contributed by atoms with E-state index < -0.39 is 0 Å². The first-order valence-electron chi connectivity index (χ1n) is 7.02. The molecular formula is C17H19NO. The maximum absolute atomic E-state index is 12.5. The fourth-order valence-corrected chi connectivity index (χ4v) is 2.98. The molecule has 0 aromatic heterocycles. The fourth-order valence-electron chi connectivity index (χ4n) is 2.98. The lowest BCUT2D eigenvalue weighted by Crippen LogP contribution is -2.35. The second-order valence-electron chi connectivity index (χ2n) is 5.42. The number of rotatable bonds is 2. The smallest absolute Gasteiger partial charge is 0.253 e. The van der Waals surface area contributed by atoms with Crippen LogP contribution in [0.3, 0.4) is 0 Å². The first-order valence-corrected chi connectivity index (χ1v) is 7.02. The highest BCUT2D eigenvalue weighted by atomic mass is 16.2. The van der Waals surface area contributed by atoms with Crippen molar-refractivity contribution in [2.45, 2.75) is 31.7 Å². The van der Waals surface area contributed by atoms with Gasteiger partial charge in [0, 0.05) is 18.7 Å². The van der Waals surface area contributed by atoms with Crippen LogP contribution in [0.25, 0.3) is 10.8 Å². The zero-order valence-corrected chi connectivity index (χ0v) is 11.3. The van der Waals surface area contributed by atoms with E-state index in [9.17, 15) is 4.79 Å². The molecule has 0 unspecified atom stereocenters. The van der Waals surface area contributed by atoms with E-state index in [2.05, 4.69) is 12.1 Å². The quantitative estimate of drug-likeness (QED) is 0.796. The van der Waals surface area contributed by atoms with Crippen LogP contribution in [0.4, 0.5) is 0 Å². The molecule has 19 heavy (non-hydrogen) atoms. The summed E-state index contributed by atoms with van der Waals surface area (Å²) in [6.07, 6.45) is 4.80. The van der Waals surface area contributed by atoms with Crippen LogP contribution in [0.15, 0.2) is 42.5 Å². The molecule has 0 spiro atoms. The average molecular weight is 253 g/mol. The maximum Gasteiger partial charge on any atom is 0.253 e. The molecule has 1 amide bonds. The number of fused-ring (bicyclic) bond motifs is 1. The molecule has 0 aliphatic heterocycles. The number of benzene rings is 2. The Morgan fingerprint density at radius 1 is 1.05 bits per heavy atom. The molecule has 1 fully saturated rings. The maximum atomic E-state index is 12.5. The number of nitrogens with zero attached hydrogens (tertiary/aromatic N) is 1. The molecule has 0 bridgehead atoms. The van der Waals surface area contributed by atoms with Crippen LogP contribution in [0.5, 0.6) is 0 Å². The van der Waals surface area contributed by atoms with E-state index >= 15 is 0 Å². The largest absolute Gasteiger partial charge is 0.339 e. The lowest BCUT2D eigenvalue weighted by molar-refractivity contribution is 0.0735. The van der Waals surface area contributed by atoms with Gasteiger partial charge >= 0.3 is 0 Å². The van der Waals surface area contributed by atoms with Crippen molar-refractivity contribution in [2.24, 2.45) is 0 Å². The van der Waals surface area contributed by atoms with E-state index in [4.69, 9.17) is 0 Å². The average Bonchev–Trinajstić information content (AvgIpc) is 2.99. The van der Waals surface area contributed by atoms with Gasteiger partial charge in [-0.15, -0.1) is 0 Å². The third-order valence-electron chi connectivity index (χ3n) is 4.19. The molecule has 2 heteroatoms. The highest BCUT2D eigenvalue weighted by Crippen LogP contribution is 2.24. The number of hydrogen-bond donors (Lipinski definition) is 0. The predicted molar refractivity (Wildman–Crippen MR) is 78.3 cm³/mol. The minimum atomic E-state index is 0.151. The lowest BCUT2D eigenvalue weighted by atomic mass is 10.1. The third kappa shape index (κ3) is 2.35. The summed E-state index contributed by atoms with van der Waals surface area (Å²) in [7, 11) is 1.94. The molecule has 1 aliphatic rings. The van der Waals surface area contributed by atoms with Gasteiger partial charge in [0.25, 0.3) is 5.91 Å². The summed E-state index contributed by atoms with van der Waals surface area (Å²) < 4.78 is 0. The van der Waals surface area contributed by atoms with Gasteiger partial charge in [-0.25, -0.2) is 0 Å². The monoisotopic (exact) mass is 253 g/mol. The predicted octanol–water partition coefficient (Wildman–Crippen LogP) is 3.85. The summed E-state index contributed by atoms with van der Waals surface area (Å²) >= 11 is 0. The van der Waals surface area contributed by atoms with Crippen molar-refractivity contribution < 1.29 is 4.79 Å². The van der Waals surface area contributed by atoms with E-state index in [0.29, 0.717) is 6.04 Å². The first kappa shape index (κ1) is 12.2. The molecule has 0 radical (unpaired) electrons. The zero-order valence-electron chi connectivity index (χ0n) is 11.3. The van der Waals surface area contributed by atoms with Crippen molar-refractivity contribution in [1.82, 2.24) is 4.90 Å². The topological polar surface area (TPSA) is 20.3 Å². The summed E-state index contributed by atoms with van der Waals surface area (Å²) in [5.41, 5.74) is 0.799. The van der Waals surface area contributed by atoms with Gasteiger partial charge in [0.05, 0.1) is 0 Å². The summed E-state index contributed by atoms with van der Waals surface area (Å²) in [4.78, 5) is 14.4. The fraction of sp³-hybridized carbons (Fsp3) is 0.353. The van der Waals surface area contributed by atoms with Gasteiger partial charge in [-0.2, -0.15) is 0 Å². The van der Waals surface area contributed by atoms with Crippen molar-refractivity contribution in [3.63, 3.8) is 0 Å². The Bertz CT molecular complexity index is 599. The highest BCUT2D eigenvalue weighted by molar-refractivity contribution is 5.98. The highest BCUT2D eigenvalue weighted by Gasteiger charge is 2.24. The van der Waals surface area contributed by atoms with Crippen LogP contribution in [0, 0.1) is 0 Å². The van der Waals surface area contributed by atoms with E-state index in [1.54, 1.807) is 0 Å². The van der Waals surface area contributed by atoms with Crippen LogP contribution < -0.4 is 0 Å². The van der Waals surface area contributed by atoms with Crippen molar-refractivity contribution in [3.05, 3.63) is 48.0 Å². The van der Waals surface area contributed by atoms with E-state index in [-0.39, 0.29) is 5.91 Å². The molecule has 2 nitrogen and oxygen atoms in total. The number of carbonyl (C=O) groups is 1. The summed E-state index contributed by atoms with van der Waals surface area (Å²) in [6, 6.07) is 14.6. The Balaban J connectivity index is 1.88. The second kappa shape index (κ2) is 5.04. The second-order valence-corrected chi connectivity index (χ2v) is 5.42. The molecule has 0 saturated heterocycles.